The summed E-state index contributed by atoms with van der Waals surface area (Å²) in [6.07, 6.45) is 0. The Morgan fingerprint density at radius 3 is 1.00 bits per heavy atom. The Balaban J connectivity index is 1.24. The molecule has 0 unspecified atom stereocenters. The van der Waals surface area contributed by atoms with E-state index in [9.17, 15) is 0 Å². The summed E-state index contributed by atoms with van der Waals surface area (Å²) in [7, 11) is 0. The van der Waals surface area contributed by atoms with Crippen molar-refractivity contribution < 1.29 is 0 Å². The lowest BCUT2D eigenvalue weighted by Gasteiger charge is -2.06. The van der Waals surface area contributed by atoms with E-state index in [0.717, 1.165) is 35.8 Å². The van der Waals surface area contributed by atoms with Crippen LogP contribution in [0.4, 0.5) is 22.7 Å². The number of aryl methyl sites for hydroxylation is 2. The van der Waals surface area contributed by atoms with Crippen LogP contribution in [-0.4, -0.2) is 0 Å². The topological polar surface area (TPSA) is 61.5 Å². The van der Waals surface area contributed by atoms with Crippen molar-refractivity contribution in [1.29, 1.82) is 0 Å². The third-order valence-corrected chi connectivity index (χ3v) is 5.16. The van der Waals surface area contributed by atoms with Crippen LogP contribution in [0, 0.1) is 13.8 Å². The van der Waals surface area contributed by atoms with Crippen LogP contribution in [0.2, 0.25) is 0 Å². The summed E-state index contributed by atoms with van der Waals surface area (Å²) in [4.78, 5) is 0. The van der Waals surface area contributed by atoms with E-state index in [1.807, 2.05) is 72.8 Å². The van der Waals surface area contributed by atoms with E-state index < -0.39 is 0 Å². The zero-order chi connectivity index (χ0) is 22.9. The standard InChI is InChI=1S/C28H27N5/c1-21-3-11-25(12-4-21)30-32-27-15-7-23(8-16-27)19-29-20-24-9-17-28(18-10-24)33-31-26-13-5-22(2)6-14-26/h3-18,29H,19-20H2,1-2H3. The summed E-state index contributed by atoms with van der Waals surface area (Å²) >= 11 is 0. The molecule has 0 aliphatic carbocycles. The van der Waals surface area contributed by atoms with E-state index in [4.69, 9.17) is 0 Å². The SMILES string of the molecule is Cc1ccc(N=Nc2ccc(CNCc3ccc(N=Nc4ccc(C)cc4)cc3)cc2)cc1. The summed E-state index contributed by atoms with van der Waals surface area (Å²) in [6.45, 7) is 5.68. The van der Waals surface area contributed by atoms with Crippen molar-refractivity contribution in [2.45, 2.75) is 26.9 Å². The van der Waals surface area contributed by atoms with Crippen molar-refractivity contribution >= 4 is 22.7 Å². The van der Waals surface area contributed by atoms with Gasteiger partial charge < -0.3 is 5.32 Å². The molecule has 0 aromatic heterocycles. The van der Waals surface area contributed by atoms with Gasteiger partial charge >= 0.3 is 0 Å². The average molecular weight is 434 g/mol. The second kappa shape index (κ2) is 11.1. The predicted molar refractivity (Wildman–Crippen MR) is 134 cm³/mol. The van der Waals surface area contributed by atoms with Gasteiger partial charge in [-0.25, -0.2) is 0 Å². The quantitative estimate of drug-likeness (QED) is 0.278. The molecule has 164 valence electrons. The summed E-state index contributed by atoms with van der Waals surface area (Å²) in [5.74, 6) is 0. The molecule has 0 aliphatic heterocycles. The Labute approximate surface area is 195 Å². The van der Waals surface area contributed by atoms with Crippen LogP contribution in [-0.2, 0) is 13.1 Å². The zero-order valence-electron chi connectivity index (χ0n) is 18.9. The maximum Gasteiger partial charge on any atom is 0.0857 e. The molecule has 0 radical (unpaired) electrons. The molecule has 5 nitrogen and oxygen atoms in total. The molecule has 0 bridgehead atoms. The Bertz CT molecular complexity index is 1110. The first-order valence-corrected chi connectivity index (χ1v) is 11.0. The number of hydrogen-bond donors (Lipinski definition) is 1. The smallest absolute Gasteiger partial charge is 0.0857 e. The highest BCUT2D eigenvalue weighted by Crippen LogP contribution is 2.20. The van der Waals surface area contributed by atoms with E-state index in [-0.39, 0.29) is 0 Å². The van der Waals surface area contributed by atoms with Gasteiger partial charge in [0, 0.05) is 13.1 Å². The maximum atomic E-state index is 4.31. The second-order valence-electron chi connectivity index (χ2n) is 8.01. The van der Waals surface area contributed by atoms with Crippen molar-refractivity contribution in [3.05, 3.63) is 119 Å². The molecule has 0 amide bonds. The van der Waals surface area contributed by atoms with Crippen LogP contribution in [0.5, 0.6) is 0 Å². The molecule has 0 saturated carbocycles. The van der Waals surface area contributed by atoms with E-state index in [1.54, 1.807) is 0 Å². The first kappa shape index (κ1) is 22.2. The van der Waals surface area contributed by atoms with Crippen LogP contribution >= 0.6 is 0 Å². The highest BCUT2D eigenvalue weighted by Gasteiger charge is 1.98. The van der Waals surface area contributed by atoms with Crippen LogP contribution in [0.1, 0.15) is 22.3 Å². The summed E-state index contributed by atoms with van der Waals surface area (Å²) in [5.41, 5.74) is 8.23. The van der Waals surface area contributed by atoms with E-state index in [0.29, 0.717) is 0 Å². The van der Waals surface area contributed by atoms with E-state index in [2.05, 4.69) is 63.9 Å². The van der Waals surface area contributed by atoms with Crippen LogP contribution in [0.3, 0.4) is 0 Å². The summed E-state index contributed by atoms with van der Waals surface area (Å²) < 4.78 is 0. The minimum absolute atomic E-state index is 0.782. The van der Waals surface area contributed by atoms with Crippen molar-refractivity contribution in [1.82, 2.24) is 5.32 Å². The molecule has 33 heavy (non-hydrogen) atoms. The van der Waals surface area contributed by atoms with Crippen LogP contribution in [0.15, 0.2) is 118 Å². The lowest BCUT2D eigenvalue weighted by Crippen LogP contribution is -2.12. The monoisotopic (exact) mass is 433 g/mol. The lowest BCUT2D eigenvalue weighted by molar-refractivity contribution is 0.693. The van der Waals surface area contributed by atoms with Gasteiger partial charge in [-0.05, 0) is 73.5 Å². The number of rotatable bonds is 8. The molecular formula is C28H27N5. The zero-order valence-corrected chi connectivity index (χ0v) is 18.9. The van der Waals surface area contributed by atoms with Gasteiger partial charge in [0.15, 0.2) is 0 Å². The van der Waals surface area contributed by atoms with Gasteiger partial charge in [-0.2, -0.15) is 20.5 Å². The fourth-order valence-corrected chi connectivity index (χ4v) is 3.17. The van der Waals surface area contributed by atoms with Gasteiger partial charge in [-0.3, -0.25) is 0 Å². The molecule has 0 heterocycles. The molecule has 4 rings (SSSR count). The fraction of sp³-hybridized carbons (Fsp3) is 0.143. The second-order valence-corrected chi connectivity index (χ2v) is 8.01. The fourth-order valence-electron chi connectivity index (χ4n) is 3.17. The first-order chi connectivity index (χ1) is 16.1. The predicted octanol–water partition coefficient (Wildman–Crippen LogP) is 8.42. The Kier molecular flexibility index (Phi) is 7.46. The molecule has 0 saturated heterocycles. The highest BCUT2D eigenvalue weighted by atomic mass is 15.1. The van der Waals surface area contributed by atoms with Crippen molar-refractivity contribution in [2.24, 2.45) is 20.5 Å². The number of hydrogen-bond acceptors (Lipinski definition) is 5. The number of benzene rings is 4. The third kappa shape index (κ3) is 7.02. The molecule has 0 fully saturated rings. The minimum atomic E-state index is 0.782. The van der Waals surface area contributed by atoms with Gasteiger partial charge in [0.25, 0.3) is 0 Å². The van der Waals surface area contributed by atoms with Crippen LogP contribution < -0.4 is 5.32 Å². The lowest BCUT2D eigenvalue weighted by atomic mass is 10.2. The Morgan fingerprint density at radius 1 is 0.424 bits per heavy atom. The van der Waals surface area contributed by atoms with Crippen molar-refractivity contribution in [3.8, 4) is 0 Å². The highest BCUT2D eigenvalue weighted by molar-refractivity contribution is 5.43. The van der Waals surface area contributed by atoms with Gasteiger partial charge in [0.1, 0.15) is 0 Å². The number of azo groups is 2. The molecular weight excluding hydrogens is 406 g/mol. The normalized spacial score (nSPS) is 11.5. The third-order valence-electron chi connectivity index (χ3n) is 5.16. The Morgan fingerprint density at radius 2 is 0.697 bits per heavy atom. The van der Waals surface area contributed by atoms with E-state index >= 15 is 0 Å². The largest absolute Gasteiger partial charge is 0.309 e. The molecule has 4 aromatic carbocycles. The molecule has 5 heteroatoms. The molecule has 1 N–H and O–H groups in total. The van der Waals surface area contributed by atoms with Gasteiger partial charge in [-0.15, -0.1) is 0 Å². The van der Waals surface area contributed by atoms with Gasteiger partial charge in [-0.1, -0.05) is 59.7 Å². The van der Waals surface area contributed by atoms with Crippen molar-refractivity contribution in [2.75, 3.05) is 0 Å². The molecule has 0 atom stereocenters. The average Bonchev–Trinajstić information content (AvgIpc) is 2.85. The van der Waals surface area contributed by atoms with E-state index in [1.165, 1.54) is 22.3 Å². The van der Waals surface area contributed by atoms with Gasteiger partial charge in [0.05, 0.1) is 22.7 Å². The molecule has 4 aromatic rings. The number of nitrogens with one attached hydrogen (secondary N) is 1. The minimum Gasteiger partial charge on any atom is -0.309 e. The summed E-state index contributed by atoms with van der Waals surface area (Å²) in [5, 5.41) is 20.7. The Hall–Kier alpha value is -3.96. The van der Waals surface area contributed by atoms with Gasteiger partial charge in [0.2, 0.25) is 0 Å². The molecule has 0 aliphatic rings. The first-order valence-electron chi connectivity index (χ1n) is 11.0. The van der Waals surface area contributed by atoms with Crippen LogP contribution in [0.25, 0.3) is 0 Å². The number of nitrogens with zero attached hydrogens (tertiary/aromatic N) is 4. The van der Waals surface area contributed by atoms with Crippen molar-refractivity contribution in [3.63, 3.8) is 0 Å². The summed E-state index contributed by atoms with van der Waals surface area (Å²) in [6, 6.07) is 32.3. The maximum absolute atomic E-state index is 4.31. The molecule has 0 spiro atoms.